The van der Waals surface area contributed by atoms with Gasteiger partial charge in [0.05, 0.1) is 6.20 Å². The number of aryl methyl sites for hydroxylation is 2. The fourth-order valence-electron chi connectivity index (χ4n) is 3.95. The fourth-order valence-corrected chi connectivity index (χ4v) is 3.95. The molecule has 1 spiro atoms. The van der Waals surface area contributed by atoms with Gasteiger partial charge in [-0.3, -0.25) is 4.79 Å². The lowest BCUT2D eigenvalue weighted by Gasteiger charge is -2.47. The Bertz CT molecular complexity index is 734. The van der Waals surface area contributed by atoms with E-state index in [1.807, 2.05) is 24.8 Å². The summed E-state index contributed by atoms with van der Waals surface area (Å²) in [4.78, 5) is 19.4. The Hall–Kier alpha value is -1.91. The quantitative estimate of drug-likeness (QED) is 0.813. The summed E-state index contributed by atoms with van der Waals surface area (Å²) >= 11 is 0. The largest absolute Gasteiger partial charge is 0.338 e. The van der Waals surface area contributed by atoms with E-state index in [0.29, 0.717) is 16.6 Å². The van der Waals surface area contributed by atoms with Crippen LogP contribution in [-0.4, -0.2) is 38.5 Å². The molecule has 0 atom stereocenters. The molecule has 1 saturated carbocycles. The summed E-state index contributed by atoms with van der Waals surface area (Å²) in [7, 11) is 0. The minimum atomic E-state index is 0.0849. The maximum Gasteiger partial charge on any atom is 0.259 e. The molecule has 0 bridgehead atoms. The number of fused-ring (bicyclic) bond motifs is 1. The second kappa shape index (κ2) is 4.80. The van der Waals surface area contributed by atoms with Crippen LogP contribution in [0.25, 0.3) is 5.65 Å². The van der Waals surface area contributed by atoms with E-state index in [2.05, 4.69) is 10.1 Å². The Balaban J connectivity index is 1.60. The van der Waals surface area contributed by atoms with Crippen molar-refractivity contribution >= 4 is 11.6 Å². The molecule has 1 saturated heterocycles. The van der Waals surface area contributed by atoms with E-state index in [-0.39, 0.29) is 5.91 Å². The van der Waals surface area contributed by atoms with Crippen molar-refractivity contribution in [1.29, 1.82) is 0 Å². The fraction of sp³-hybridized carbons (Fsp3) is 0.588. The third-order valence-corrected chi connectivity index (χ3v) is 5.53. The Morgan fingerprint density at radius 2 is 1.91 bits per heavy atom. The number of hydrogen-bond donors (Lipinski definition) is 0. The van der Waals surface area contributed by atoms with E-state index in [0.717, 1.165) is 37.3 Å². The molecule has 0 N–H and O–H groups in total. The highest BCUT2D eigenvalue weighted by Gasteiger charge is 2.40. The average Bonchev–Trinajstić information content (AvgIpc) is 2.89. The van der Waals surface area contributed by atoms with Gasteiger partial charge in [0.2, 0.25) is 0 Å². The van der Waals surface area contributed by atoms with Crippen molar-refractivity contribution in [3.05, 3.63) is 29.2 Å². The maximum absolute atomic E-state index is 12.8. The molecule has 1 aliphatic heterocycles. The first-order chi connectivity index (χ1) is 10.6. The zero-order chi connectivity index (χ0) is 15.3. The van der Waals surface area contributed by atoms with Crippen LogP contribution in [-0.2, 0) is 0 Å². The molecular formula is C17H22N4O. The van der Waals surface area contributed by atoms with Crippen LogP contribution in [0.3, 0.4) is 0 Å². The van der Waals surface area contributed by atoms with Crippen LogP contribution >= 0.6 is 0 Å². The number of carbonyl (C=O) groups excluding carboxylic acids is 1. The molecule has 116 valence electrons. The van der Waals surface area contributed by atoms with Crippen LogP contribution in [0.1, 0.15) is 53.8 Å². The lowest BCUT2D eigenvalue weighted by Crippen LogP contribution is -2.45. The summed E-state index contributed by atoms with van der Waals surface area (Å²) in [5.41, 5.74) is 3.81. The van der Waals surface area contributed by atoms with Gasteiger partial charge in [0.15, 0.2) is 5.65 Å². The van der Waals surface area contributed by atoms with Crippen molar-refractivity contribution < 1.29 is 4.79 Å². The second-order valence-corrected chi connectivity index (χ2v) is 6.98. The van der Waals surface area contributed by atoms with Gasteiger partial charge in [-0.1, -0.05) is 6.42 Å². The summed E-state index contributed by atoms with van der Waals surface area (Å²) in [6, 6.07) is 1.98. The predicted octanol–water partition coefficient (Wildman–Crippen LogP) is 2.75. The van der Waals surface area contributed by atoms with Crippen LogP contribution < -0.4 is 0 Å². The molecule has 2 aromatic heterocycles. The first-order valence-electron chi connectivity index (χ1n) is 8.19. The summed E-state index contributed by atoms with van der Waals surface area (Å²) in [6.07, 6.45) is 8.06. The van der Waals surface area contributed by atoms with Crippen molar-refractivity contribution in [2.45, 2.75) is 46.0 Å². The number of hydrogen-bond acceptors (Lipinski definition) is 3. The van der Waals surface area contributed by atoms with Gasteiger partial charge in [0.1, 0.15) is 5.56 Å². The van der Waals surface area contributed by atoms with Crippen molar-refractivity contribution in [2.24, 2.45) is 5.41 Å². The Kier molecular flexibility index (Phi) is 2.99. The molecule has 2 aliphatic rings. The van der Waals surface area contributed by atoms with E-state index >= 15 is 0 Å². The monoisotopic (exact) mass is 298 g/mol. The first kappa shape index (κ1) is 13.7. The number of likely N-dealkylation sites (tertiary alicyclic amines) is 1. The predicted molar refractivity (Wildman–Crippen MR) is 83.9 cm³/mol. The third-order valence-electron chi connectivity index (χ3n) is 5.53. The molecule has 2 fully saturated rings. The zero-order valence-corrected chi connectivity index (χ0v) is 13.3. The first-order valence-corrected chi connectivity index (χ1v) is 8.19. The molecule has 22 heavy (non-hydrogen) atoms. The second-order valence-electron chi connectivity index (χ2n) is 6.98. The Morgan fingerprint density at radius 1 is 1.18 bits per heavy atom. The topological polar surface area (TPSA) is 50.5 Å². The van der Waals surface area contributed by atoms with Crippen molar-refractivity contribution in [3.8, 4) is 0 Å². The van der Waals surface area contributed by atoms with E-state index in [4.69, 9.17) is 0 Å². The summed E-state index contributed by atoms with van der Waals surface area (Å²) < 4.78 is 1.76. The van der Waals surface area contributed by atoms with E-state index in [9.17, 15) is 4.79 Å². The lowest BCUT2D eigenvalue weighted by molar-refractivity contribution is 0.0287. The van der Waals surface area contributed by atoms with Crippen molar-refractivity contribution in [3.63, 3.8) is 0 Å². The van der Waals surface area contributed by atoms with Crippen LogP contribution in [0.5, 0.6) is 0 Å². The Labute approximate surface area is 130 Å². The highest BCUT2D eigenvalue weighted by molar-refractivity contribution is 5.99. The molecule has 0 aromatic carbocycles. The molecule has 3 heterocycles. The van der Waals surface area contributed by atoms with Gasteiger partial charge in [-0.25, -0.2) is 9.50 Å². The molecule has 2 aromatic rings. The SMILES string of the molecule is Cc1cc(C)n2ncc(C(=O)N3CCC4(CCC4)CC3)c2n1. The van der Waals surface area contributed by atoms with Gasteiger partial charge in [-0.2, -0.15) is 5.10 Å². The molecule has 0 radical (unpaired) electrons. The van der Waals surface area contributed by atoms with Gasteiger partial charge in [0.25, 0.3) is 5.91 Å². The normalized spacial score (nSPS) is 20.4. The lowest BCUT2D eigenvalue weighted by atomic mass is 9.63. The zero-order valence-electron chi connectivity index (χ0n) is 13.3. The summed E-state index contributed by atoms with van der Waals surface area (Å²) in [6.45, 7) is 5.70. The van der Waals surface area contributed by atoms with Crippen LogP contribution in [0.2, 0.25) is 0 Å². The van der Waals surface area contributed by atoms with Gasteiger partial charge in [-0.05, 0) is 51.0 Å². The van der Waals surface area contributed by atoms with Crippen LogP contribution in [0.4, 0.5) is 0 Å². The summed E-state index contributed by atoms with van der Waals surface area (Å²) in [5.74, 6) is 0.0849. The van der Waals surface area contributed by atoms with Gasteiger partial charge < -0.3 is 4.90 Å². The highest BCUT2D eigenvalue weighted by atomic mass is 16.2. The van der Waals surface area contributed by atoms with Crippen molar-refractivity contribution in [2.75, 3.05) is 13.1 Å². The molecule has 1 aliphatic carbocycles. The number of rotatable bonds is 1. The molecule has 4 rings (SSSR count). The minimum Gasteiger partial charge on any atom is -0.338 e. The molecule has 5 nitrogen and oxygen atoms in total. The number of amides is 1. The molecule has 0 unspecified atom stereocenters. The molecule has 1 amide bonds. The number of aromatic nitrogens is 3. The smallest absolute Gasteiger partial charge is 0.259 e. The van der Waals surface area contributed by atoms with Crippen molar-refractivity contribution in [1.82, 2.24) is 19.5 Å². The number of piperidine rings is 1. The molecule has 5 heteroatoms. The Morgan fingerprint density at radius 3 is 2.55 bits per heavy atom. The standard InChI is InChI=1S/C17H22N4O/c1-12-10-13(2)21-15(19-12)14(11-18-21)16(22)20-8-6-17(7-9-20)4-3-5-17/h10-11H,3-9H2,1-2H3. The maximum atomic E-state index is 12.8. The summed E-state index contributed by atoms with van der Waals surface area (Å²) in [5, 5.41) is 4.34. The highest BCUT2D eigenvalue weighted by Crippen LogP contribution is 2.48. The van der Waals surface area contributed by atoms with E-state index in [1.54, 1.807) is 10.7 Å². The van der Waals surface area contributed by atoms with E-state index < -0.39 is 0 Å². The van der Waals surface area contributed by atoms with Gasteiger partial charge in [0, 0.05) is 24.5 Å². The number of nitrogens with zero attached hydrogens (tertiary/aromatic N) is 4. The molecular weight excluding hydrogens is 276 g/mol. The van der Waals surface area contributed by atoms with Gasteiger partial charge in [-0.15, -0.1) is 0 Å². The third kappa shape index (κ3) is 2.02. The average molecular weight is 298 g/mol. The van der Waals surface area contributed by atoms with Crippen LogP contribution in [0, 0.1) is 19.3 Å². The van der Waals surface area contributed by atoms with E-state index in [1.165, 1.54) is 19.3 Å². The minimum absolute atomic E-state index is 0.0849. The number of carbonyl (C=O) groups is 1. The van der Waals surface area contributed by atoms with Crippen LogP contribution in [0.15, 0.2) is 12.3 Å². The van der Waals surface area contributed by atoms with Gasteiger partial charge >= 0.3 is 0 Å².